The summed E-state index contributed by atoms with van der Waals surface area (Å²) in [5.41, 5.74) is 0. The van der Waals surface area contributed by atoms with Crippen molar-refractivity contribution >= 4 is 11.0 Å². The Hall–Kier alpha value is -0.183. The second-order valence-corrected chi connectivity index (χ2v) is 2.86. The van der Waals surface area contributed by atoms with E-state index in [0.29, 0.717) is 0 Å². The molecular weight excluding hydrogens is 270 g/mol. The maximum Gasteiger partial charge on any atom is 0.111 e. The standard InChI is InChI=1S/C7H17NO5.4H2O.Si/c1-8-2-4(10)6(12)7(13)5(11)3-9;;;;;/h4-13H,2-3H2,1H3;4*1H2;/t4-,5+,6+,7+;;;;;/m0...../s1. The van der Waals surface area contributed by atoms with E-state index in [2.05, 4.69) is 5.32 Å². The fourth-order valence-corrected chi connectivity index (χ4v) is 0.893. The van der Waals surface area contributed by atoms with Crippen molar-refractivity contribution in [1.29, 1.82) is 0 Å². The largest absolute Gasteiger partial charge is 0.412 e. The molecule has 4 radical (unpaired) electrons. The molecule has 4 atom stereocenters. The Bertz CT molecular complexity index is 144. The third-order valence-electron chi connectivity index (χ3n) is 1.74. The average Bonchev–Trinajstić information content (AvgIpc) is 2.14. The molecule has 0 fully saturated rings. The topological polar surface area (TPSA) is 239 Å². The van der Waals surface area contributed by atoms with Crippen LogP contribution in [-0.2, 0) is 0 Å². The van der Waals surface area contributed by atoms with Gasteiger partial charge in [0.1, 0.15) is 18.3 Å². The van der Waals surface area contributed by atoms with E-state index >= 15 is 0 Å². The molecule has 0 saturated heterocycles. The highest BCUT2D eigenvalue weighted by atomic mass is 28.1. The van der Waals surface area contributed by atoms with Crippen LogP contribution in [0.1, 0.15) is 0 Å². The van der Waals surface area contributed by atoms with Crippen molar-refractivity contribution in [3.8, 4) is 0 Å². The Balaban J connectivity index is -0.0000000720. The molecule has 0 bridgehead atoms. The summed E-state index contributed by atoms with van der Waals surface area (Å²) in [5.74, 6) is 0. The lowest BCUT2D eigenvalue weighted by Gasteiger charge is -2.25. The fraction of sp³-hybridized carbons (Fsp3) is 1.00. The lowest BCUT2D eigenvalue weighted by atomic mass is 10.0. The SMILES string of the molecule is CNC[C@H](O)[C@@H](O)[C@H](O)[C@H](O)CO.O.O.O.O.[Si]. The maximum atomic E-state index is 9.21. The van der Waals surface area contributed by atoms with E-state index in [1.807, 2.05) is 0 Å². The fourth-order valence-electron chi connectivity index (χ4n) is 0.893. The summed E-state index contributed by atoms with van der Waals surface area (Å²) in [6.45, 7) is -0.569. The smallest absolute Gasteiger partial charge is 0.111 e. The van der Waals surface area contributed by atoms with Crippen molar-refractivity contribution in [2.24, 2.45) is 0 Å². The van der Waals surface area contributed by atoms with Crippen LogP contribution in [0.3, 0.4) is 0 Å². The van der Waals surface area contributed by atoms with Gasteiger partial charge in [-0.3, -0.25) is 0 Å². The van der Waals surface area contributed by atoms with Crippen LogP contribution in [-0.4, -0.2) is 103 Å². The van der Waals surface area contributed by atoms with Gasteiger partial charge in [-0.2, -0.15) is 0 Å². The van der Waals surface area contributed by atoms with Gasteiger partial charge in [-0.15, -0.1) is 0 Å². The summed E-state index contributed by atoms with van der Waals surface area (Å²) < 4.78 is 0. The summed E-state index contributed by atoms with van der Waals surface area (Å²) in [6, 6.07) is 0. The first-order chi connectivity index (χ1) is 6.04. The predicted molar refractivity (Wildman–Crippen MR) is 65.2 cm³/mol. The number of hydrogen-bond donors (Lipinski definition) is 6. The normalized spacial score (nSPS) is 15.0. The number of hydrogen-bond acceptors (Lipinski definition) is 6. The molecule has 0 aromatic carbocycles. The van der Waals surface area contributed by atoms with Gasteiger partial charge >= 0.3 is 0 Å². The molecule has 18 heavy (non-hydrogen) atoms. The van der Waals surface area contributed by atoms with E-state index in [9.17, 15) is 5.11 Å². The second-order valence-electron chi connectivity index (χ2n) is 2.86. The summed E-state index contributed by atoms with van der Waals surface area (Å²) in [5, 5.41) is 47.5. The molecule has 0 aliphatic rings. The van der Waals surface area contributed by atoms with Gasteiger partial charge < -0.3 is 52.8 Å². The van der Waals surface area contributed by atoms with Crippen LogP contribution in [0, 0.1) is 0 Å². The first-order valence-electron chi connectivity index (χ1n) is 4.02. The van der Waals surface area contributed by atoms with Crippen LogP contribution in [0.4, 0.5) is 0 Å². The summed E-state index contributed by atoms with van der Waals surface area (Å²) in [6.07, 6.45) is -5.65. The molecule has 0 aliphatic heterocycles. The Labute approximate surface area is 109 Å². The molecule has 14 N–H and O–H groups in total. The van der Waals surface area contributed by atoms with Crippen LogP contribution in [0.2, 0.25) is 0 Å². The summed E-state index contributed by atoms with van der Waals surface area (Å²) in [7, 11) is 1.57. The number of aliphatic hydroxyl groups is 5. The van der Waals surface area contributed by atoms with Gasteiger partial charge in [0, 0.05) is 17.5 Å². The quantitative estimate of drug-likeness (QED) is 0.260. The molecule has 11 heteroatoms. The first-order valence-corrected chi connectivity index (χ1v) is 4.02. The molecule has 0 saturated carbocycles. The number of likely N-dealkylation sites (N-methyl/N-ethyl adjacent to an activating group) is 1. The highest BCUT2D eigenvalue weighted by Gasteiger charge is 2.29. The van der Waals surface area contributed by atoms with Crippen molar-refractivity contribution in [2.75, 3.05) is 20.2 Å². The zero-order chi connectivity index (χ0) is 10.4. The molecule has 0 aliphatic carbocycles. The van der Waals surface area contributed by atoms with E-state index in [1.54, 1.807) is 7.05 Å². The molecule has 0 heterocycles. The Morgan fingerprint density at radius 2 is 1.17 bits per heavy atom. The second kappa shape index (κ2) is 19.2. The van der Waals surface area contributed by atoms with E-state index < -0.39 is 31.0 Å². The van der Waals surface area contributed by atoms with Gasteiger partial charge in [0.15, 0.2) is 0 Å². The molecule has 0 amide bonds. The van der Waals surface area contributed by atoms with Crippen molar-refractivity contribution in [3.63, 3.8) is 0 Å². The molecule has 0 aromatic heterocycles. The minimum atomic E-state index is -1.55. The van der Waals surface area contributed by atoms with Crippen LogP contribution in [0.5, 0.6) is 0 Å². The lowest BCUT2D eigenvalue weighted by Crippen LogP contribution is -2.48. The van der Waals surface area contributed by atoms with Crippen molar-refractivity contribution in [3.05, 3.63) is 0 Å². The zero-order valence-corrected chi connectivity index (χ0v) is 11.0. The number of nitrogens with one attached hydrogen (secondary N) is 1. The Morgan fingerprint density at radius 1 is 0.833 bits per heavy atom. The monoisotopic (exact) mass is 295 g/mol. The number of rotatable bonds is 6. The highest BCUT2D eigenvalue weighted by molar-refractivity contribution is 5.75. The van der Waals surface area contributed by atoms with Crippen molar-refractivity contribution in [1.82, 2.24) is 5.32 Å². The van der Waals surface area contributed by atoms with E-state index in [4.69, 9.17) is 20.4 Å². The highest BCUT2D eigenvalue weighted by Crippen LogP contribution is 2.04. The summed E-state index contributed by atoms with van der Waals surface area (Å²) >= 11 is 0. The molecular formula is C7H25NO9Si. The molecule has 0 aromatic rings. The van der Waals surface area contributed by atoms with E-state index in [-0.39, 0.29) is 39.4 Å². The molecule has 0 unspecified atom stereocenters. The van der Waals surface area contributed by atoms with Crippen molar-refractivity contribution < 1.29 is 47.4 Å². The van der Waals surface area contributed by atoms with Crippen LogP contribution in [0.15, 0.2) is 0 Å². The van der Waals surface area contributed by atoms with Gasteiger partial charge in [-0.25, -0.2) is 0 Å². The minimum Gasteiger partial charge on any atom is -0.412 e. The van der Waals surface area contributed by atoms with Gasteiger partial charge in [-0.05, 0) is 7.05 Å². The maximum absolute atomic E-state index is 9.21. The van der Waals surface area contributed by atoms with Crippen LogP contribution in [0.25, 0.3) is 0 Å². The Kier molecular flexibility index (Phi) is 38.4. The molecule has 0 spiro atoms. The van der Waals surface area contributed by atoms with E-state index in [0.717, 1.165) is 0 Å². The van der Waals surface area contributed by atoms with E-state index in [1.165, 1.54) is 0 Å². The molecule has 116 valence electrons. The average molecular weight is 295 g/mol. The minimum absolute atomic E-state index is 0. The zero-order valence-electron chi connectivity index (χ0n) is 9.96. The predicted octanol–water partition coefficient (Wildman–Crippen LogP) is -7.04. The lowest BCUT2D eigenvalue weighted by molar-refractivity contribution is -0.113. The van der Waals surface area contributed by atoms with Gasteiger partial charge in [0.25, 0.3) is 0 Å². The third kappa shape index (κ3) is 12.3. The van der Waals surface area contributed by atoms with Gasteiger partial charge in [0.05, 0.1) is 12.7 Å². The van der Waals surface area contributed by atoms with Crippen LogP contribution < -0.4 is 5.32 Å². The molecule has 0 rings (SSSR count). The van der Waals surface area contributed by atoms with Crippen LogP contribution >= 0.6 is 0 Å². The van der Waals surface area contributed by atoms with Gasteiger partial charge in [0.2, 0.25) is 0 Å². The third-order valence-corrected chi connectivity index (χ3v) is 1.74. The summed E-state index contributed by atoms with van der Waals surface area (Å²) in [4.78, 5) is 0. The number of aliphatic hydroxyl groups excluding tert-OH is 5. The molecule has 10 nitrogen and oxygen atoms in total. The van der Waals surface area contributed by atoms with Crippen molar-refractivity contribution in [2.45, 2.75) is 24.4 Å². The van der Waals surface area contributed by atoms with Gasteiger partial charge in [-0.1, -0.05) is 0 Å². The first kappa shape index (κ1) is 36.1. The Morgan fingerprint density at radius 3 is 1.44 bits per heavy atom.